The summed E-state index contributed by atoms with van der Waals surface area (Å²) in [5.74, 6) is 0.518. The standard InChI is InChI=1S/C15H23FN2O3/c1-15(2,3)21-14(19)18-13-9-10(20-4)5-6-11(13)12(16)7-8-17/h5-6,9,12H,7-8,17H2,1-4H3,(H,18,19). The van der Waals surface area contributed by atoms with Crippen molar-refractivity contribution < 1.29 is 18.7 Å². The summed E-state index contributed by atoms with van der Waals surface area (Å²) in [7, 11) is 1.50. The minimum absolute atomic E-state index is 0.176. The van der Waals surface area contributed by atoms with Crippen molar-refractivity contribution >= 4 is 11.8 Å². The summed E-state index contributed by atoms with van der Waals surface area (Å²) in [6.45, 7) is 5.49. The van der Waals surface area contributed by atoms with Crippen molar-refractivity contribution in [1.29, 1.82) is 0 Å². The molecule has 5 nitrogen and oxygen atoms in total. The fourth-order valence-electron chi connectivity index (χ4n) is 1.76. The lowest BCUT2D eigenvalue weighted by Gasteiger charge is -2.21. The van der Waals surface area contributed by atoms with Crippen LogP contribution in [0.3, 0.4) is 0 Å². The maximum atomic E-state index is 14.1. The van der Waals surface area contributed by atoms with E-state index in [2.05, 4.69) is 5.32 Å². The summed E-state index contributed by atoms with van der Waals surface area (Å²) in [6, 6.07) is 4.77. The van der Waals surface area contributed by atoms with Crippen molar-refractivity contribution in [2.24, 2.45) is 5.73 Å². The van der Waals surface area contributed by atoms with Gasteiger partial charge >= 0.3 is 6.09 Å². The van der Waals surface area contributed by atoms with Crippen LogP contribution in [-0.2, 0) is 4.74 Å². The third kappa shape index (κ3) is 5.59. The molecule has 0 radical (unpaired) electrons. The highest BCUT2D eigenvalue weighted by atomic mass is 19.1. The fourth-order valence-corrected chi connectivity index (χ4v) is 1.76. The molecule has 6 heteroatoms. The highest BCUT2D eigenvalue weighted by Gasteiger charge is 2.20. The molecular weight excluding hydrogens is 275 g/mol. The van der Waals surface area contributed by atoms with Crippen LogP contribution in [-0.4, -0.2) is 25.3 Å². The van der Waals surface area contributed by atoms with E-state index in [-0.39, 0.29) is 13.0 Å². The average Bonchev–Trinajstić information content (AvgIpc) is 2.36. The number of nitrogens with one attached hydrogen (secondary N) is 1. The number of hydrogen-bond donors (Lipinski definition) is 2. The molecule has 0 aliphatic carbocycles. The maximum Gasteiger partial charge on any atom is 0.412 e. The normalized spacial score (nSPS) is 12.7. The summed E-state index contributed by atoms with van der Waals surface area (Å²) in [5.41, 5.74) is 5.43. The molecule has 0 saturated carbocycles. The van der Waals surface area contributed by atoms with Gasteiger partial charge in [0.1, 0.15) is 17.5 Å². The Kier molecular flexibility index (Phi) is 5.96. The number of ether oxygens (including phenoxy) is 2. The second-order valence-corrected chi connectivity index (χ2v) is 5.62. The molecule has 0 aliphatic rings. The number of methoxy groups -OCH3 is 1. The minimum atomic E-state index is -1.26. The zero-order chi connectivity index (χ0) is 16.0. The van der Waals surface area contributed by atoms with Gasteiger partial charge in [-0.1, -0.05) is 6.07 Å². The van der Waals surface area contributed by atoms with E-state index < -0.39 is 17.9 Å². The van der Waals surface area contributed by atoms with E-state index in [9.17, 15) is 9.18 Å². The van der Waals surface area contributed by atoms with Crippen LogP contribution in [0.5, 0.6) is 5.75 Å². The third-order valence-corrected chi connectivity index (χ3v) is 2.65. The molecule has 1 unspecified atom stereocenters. The Balaban J connectivity index is 2.98. The molecule has 1 rings (SSSR count). The van der Waals surface area contributed by atoms with Crippen LogP contribution in [0.4, 0.5) is 14.9 Å². The number of halogens is 1. The lowest BCUT2D eigenvalue weighted by Crippen LogP contribution is -2.27. The van der Waals surface area contributed by atoms with Gasteiger partial charge in [0.25, 0.3) is 0 Å². The smallest absolute Gasteiger partial charge is 0.412 e. The van der Waals surface area contributed by atoms with Crippen molar-refractivity contribution in [3.05, 3.63) is 23.8 Å². The highest BCUT2D eigenvalue weighted by molar-refractivity contribution is 5.86. The predicted octanol–water partition coefficient (Wildman–Crippen LogP) is 3.40. The molecule has 0 heterocycles. The molecule has 3 N–H and O–H groups in total. The van der Waals surface area contributed by atoms with Gasteiger partial charge in [-0.05, 0) is 39.8 Å². The predicted molar refractivity (Wildman–Crippen MR) is 80.4 cm³/mol. The topological polar surface area (TPSA) is 73.6 Å². The average molecular weight is 298 g/mol. The van der Waals surface area contributed by atoms with Crippen LogP contribution >= 0.6 is 0 Å². The highest BCUT2D eigenvalue weighted by Crippen LogP contribution is 2.31. The lowest BCUT2D eigenvalue weighted by atomic mass is 10.1. The Bertz CT molecular complexity index is 486. The van der Waals surface area contributed by atoms with Crippen LogP contribution < -0.4 is 15.8 Å². The van der Waals surface area contributed by atoms with Gasteiger partial charge < -0.3 is 15.2 Å². The van der Waals surface area contributed by atoms with Gasteiger partial charge in [0.15, 0.2) is 0 Å². The number of nitrogens with two attached hydrogens (primary N) is 1. The molecule has 1 atom stereocenters. The number of anilines is 1. The number of carbonyl (C=O) groups is 1. The van der Waals surface area contributed by atoms with Crippen LogP contribution in [0.2, 0.25) is 0 Å². The minimum Gasteiger partial charge on any atom is -0.497 e. The van der Waals surface area contributed by atoms with E-state index >= 15 is 0 Å². The number of benzene rings is 1. The molecule has 0 aromatic heterocycles. The molecular formula is C15H23FN2O3. The van der Waals surface area contributed by atoms with Gasteiger partial charge in [-0.3, -0.25) is 5.32 Å². The Morgan fingerprint density at radius 3 is 2.62 bits per heavy atom. The molecule has 1 amide bonds. The van der Waals surface area contributed by atoms with Crippen molar-refractivity contribution in [2.45, 2.75) is 39.0 Å². The van der Waals surface area contributed by atoms with E-state index in [1.807, 2.05) is 0 Å². The van der Waals surface area contributed by atoms with Crippen LogP contribution in [0.1, 0.15) is 38.9 Å². The van der Waals surface area contributed by atoms with Gasteiger partial charge in [0, 0.05) is 11.6 Å². The van der Waals surface area contributed by atoms with Crippen molar-refractivity contribution in [1.82, 2.24) is 0 Å². The van der Waals surface area contributed by atoms with E-state index in [0.717, 1.165) is 0 Å². The number of alkyl halides is 1. The monoisotopic (exact) mass is 298 g/mol. The van der Waals surface area contributed by atoms with Gasteiger partial charge in [0.05, 0.1) is 12.8 Å². The van der Waals surface area contributed by atoms with Gasteiger partial charge in [-0.15, -0.1) is 0 Å². The van der Waals surface area contributed by atoms with E-state index in [1.165, 1.54) is 7.11 Å². The Hall–Kier alpha value is -1.82. The molecule has 0 fully saturated rings. The van der Waals surface area contributed by atoms with Crippen LogP contribution in [0.15, 0.2) is 18.2 Å². The summed E-state index contributed by atoms with van der Waals surface area (Å²) in [6.07, 6.45) is -1.72. The first-order valence-electron chi connectivity index (χ1n) is 6.79. The number of carbonyl (C=O) groups excluding carboxylic acids is 1. The van der Waals surface area contributed by atoms with E-state index in [1.54, 1.807) is 39.0 Å². The van der Waals surface area contributed by atoms with Gasteiger partial charge in [0.2, 0.25) is 0 Å². The molecule has 0 saturated heterocycles. The van der Waals surface area contributed by atoms with E-state index in [4.69, 9.17) is 15.2 Å². The fraction of sp³-hybridized carbons (Fsp3) is 0.533. The molecule has 1 aromatic carbocycles. The largest absolute Gasteiger partial charge is 0.497 e. The first-order valence-corrected chi connectivity index (χ1v) is 6.79. The summed E-state index contributed by atoms with van der Waals surface area (Å²) in [4.78, 5) is 11.8. The van der Waals surface area contributed by atoms with Crippen molar-refractivity contribution in [3.8, 4) is 5.75 Å². The number of rotatable bonds is 5. The molecule has 0 spiro atoms. The zero-order valence-corrected chi connectivity index (χ0v) is 12.9. The lowest BCUT2D eigenvalue weighted by molar-refractivity contribution is 0.0635. The second-order valence-electron chi connectivity index (χ2n) is 5.62. The van der Waals surface area contributed by atoms with E-state index in [0.29, 0.717) is 17.0 Å². The molecule has 0 aliphatic heterocycles. The quantitative estimate of drug-likeness (QED) is 0.873. The zero-order valence-electron chi connectivity index (χ0n) is 12.9. The maximum absolute atomic E-state index is 14.1. The number of hydrogen-bond acceptors (Lipinski definition) is 4. The van der Waals surface area contributed by atoms with Crippen molar-refractivity contribution in [2.75, 3.05) is 19.0 Å². The first kappa shape index (κ1) is 17.2. The summed E-state index contributed by atoms with van der Waals surface area (Å²) in [5, 5.41) is 2.56. The molecule has 118 valence electrons. The third-order valence-electron chi connectivity index (χ3n) is 2.65. The Morgan fingerprint density at radius 1 is 1.43 bits per heavy atom. The molecule has 1 aromatic rings. The Labute approximate surface area is 124 Å². The van der Waals surface area contributed by atoms with Gasteiger partial charge in [-0.25, -0.2) is 9.18 Å². The van der Waals surface area contributed by atoms with Crippen molar-refractivity contribution in [3.63, 3.8) is 0 Å². The number of amides is 1. The Morgan fingerprint density at radius 2 is 2.10 bits per heavy atom. The summed E-state index contributed by atoms with van der Waals surface area (Å²) >= 11 is 0. The second kappa shape index (κ2) is 7.26. The van der Waals surface area contributed by atoms with Crippen LogP contribution in [0.25, 0.3) is 0 Å². The van der Waals surface area contributed by atoms with Crippen LogP contribution in [0, 0.1) is 0 Å². The molecule has 21 heavy (non-hydrogen) atoms. The first-order chi connectivity index (χ1) is 9.76. The van der Waals surface area contributed by atoms with Gasteiger partial charge in [-0.2, -0.15) is 0 Å². The SMILES string of the molecule is COc1ccc(C(F)CCN)c(NC(=O)OC(C)(C)C)c1. The summed E-state index contributed by atoms with van der Waals surface area (Å²) < 4.78 is 24.4. The molecule has 0 bridgehead atoms.